The van der Waals surface area contributed by atoms with Crippen molar-refractivity contribution in [1.82, 2.24) is 15.6 Å². The molecule has 3 amide bonds. The first-order chi connectivity index (χ1) is 12.7. The number of rotatable bonds is 2. The highest BCUT2D eigenvalue weighted by atomic mass is 16.2. The van der Waals surface area contributed by atoms with Gasteiger partial charge >= 0.3 is 6.03 Å². The van der Waals surface area contributed by atoms with Crippen molar-refractivity contribution in [3.63, 3.8) is 0 Å². The molecule has 3 N–H and O–H groups in total. The molecule has 6 heteroatoms. The quantitative estimate of drug-likeness (QED) is 0.666. The largest absolute Gasteiger partial charge is 0.361 e. The van der Waals surface area contributed by atoms with Crippen LogP contribution in [0.4, 0.5) is 10.5 Å². The Kier molecular flexibility index (Phi) is 3.25. The minimum Gasteiger partial charge on any atom is -0.361 e. The van der Waals surface area contributed by atoms with Gasteiger partial charge in [-0.05, 0) is 30.2 Å². The molecule has 26 heavy (non-hydrogen) atoms. The zero-order chi connectivity index (χ0) is 17.7. The maximum atomic E-state index is 12.7. The number of nitrogens with one attached hydrogen (secondary N) is 3. The molecular formula is C20H18N4O2. The summed E-state index contributed by atoms with van der Waals surface area (Å²) in [6, 6.07) is 15.1. The number of hydrogen-bond donors (Lipinski definition) is 3. The fraction of sp³-hybridized carbons (Fsp3) is 0.200. The molecule has 5 rings (SSSR count). The van der Waals surface area contributed by atoms with Crippen molar-refractivity contribution in [1.29, 1.82) is 0 Å². The third-order valence-corrected chi connectivity index (χ3v) is 5.32. The molecular weight excluding hydrogens is 328 g/mol. The van der Waals surface area contributed by atoms with Gasteiger partial charge in [-0.1, -0.05) is 30.3 Å². The van der Waals surface area contributed by atoms with Gasteiger partial charge in [-0.2, -0.15) is 0 Å². The van der Waals surface area contributed by atoms with Crippen molar-refractivity contribution in [3.8, 4) is 0 Å². The van der Waals surface area contributed by atoms with Crippen LogP contribution in [0.5, 0.6) is 0 Å². The van der Waals surface area contributed by atoms with Crippen LogP contribution in [0.3, 0.4) is 0 Å². The Balaban J connectivity index is 1.51. The van der Waals surface area contributed by atoms with E-state index < -0.39 is 0 Å². The number of H-pyrrole nitrogens is 1. The summed E-state index contributed by atoms with van der Waals surface area (Å²) in [5.74, 6) is -0.131. The molecule has 3 aromatic rings. The highest BCUT2D eigenvalue weighted by Gasteiger charge is 2.43. The second-order valence-electron chi connectivity index (χ2n) is 6.78. The van der Waals surface area contributed by atoms with E-state index in [-0.39, 0.29) is 24.0 Å². The maximum absolute atomic E-state index is 12.7. The van der Waals surface area contributed by atoms with E-state index >= 15 is 0 Å². The zero-order valence-corrected chi connectivity index (χ0v) is 14.0. The van der Waals surface area contributed by atoms with Crippen molar-refractivity contribution in [2.24, 2.45) is 0 Å². The van der Waals surface area contributed by atoms with Crippen LogP contribution in [0.2, 0.25) is 0 Å². The van der Waals surface area contributed by atoms with E-state index in [9.17, 15) is 9.59 Å². The minimum atomic E-state index is -0.149. The fourth-order valence-electron chi connectivity index (χ4n) is 4.07. The summed E-state index contributed by atoms with van der Waals surface area (Å²) in [7, 11) is 0. The number of benzene rings is 2. The van der Waals surface area contributed by atoms with Crippen LogP contribution < -0.4 is 15.5 Å². The molecule has 3 heterocycles. The number of urea groups is 1. The van der Waals surface area contributed by atoms with Gasteiger partial charge in [0.1, 0.15) is 0 Å². The molecule has 2 aliphatic rings. The van der Waals surface area contributed by atoms with Crippen LogP contribution >= 0.6 is 0 Å². The average molecular weight is 346 g/mol. The number of amides is 3. The normalized spacial score (nSPS) is 21.8. The smallest absolute Gasteiger partial charge is 0.322 e. The lowest BCUT2D eigenvalue weighted by Crippen LogP contribution is -2.44. The molecule has 1 saturated heterocycles. The first-order valence-electron chi connectivity index (χ1n) is 8.74. The third kappa shape index (κ3) is 2.19. The summed E-state index contributed by atoms with van der Waals surface area (Å²) >= 11 is 0. The highest BCUT2D eigenvalue weighted by molar-refractivity contribution is 6.07. The Hall–Kier alpha value is -3.28. The molecule has 2 atom stereocenters. The number of nitrogens with zero attached hydrogens (tertiary/aromatic N) is 1. The maximum Gasteiger partial charge on any atom is 0.322 e. The molecule has 0 bridgehead atoms. The van der Waals surface area contributed by atoms with Crippen molar-refractivity contribution >= 4 is 28.5 Å². The number of aromatic amines is 1. The first-order valence-corrected chi connectivity index (χ1v) is 8.74. The summed E-state index contributed by atoms with van der Waals surface area (Å²) in [6.45, 7) is 0.430. The molecule has 0 unspecified atom stereocenters. The highest BCUT2D eigenvalue weighted by Crippen LogP contribution is 2.31. The monoisotopic (exact) mass is 346 g/mol. The minimum absolute atomic E-state index is 0.0758. The number of anilines is 1. The van der Waals surface area contributed by atoms with Gasteiger partial charge in [0.25, 0.3) is 5.91 Å². The molecule has 130 valence electrons. The van der Waals surface area contributed by atoms with Crippen molar-refractivity contribution < 1.29 is 9.59 Å². The van der Waals surface area contributed by atoms with E-state index in [0.29, 0.717) is 24.2 Å². The molecule has 0 spiro atoms. The van der Waals surface area contributed by atoms with E-state index in [2.05, 4.69) is 21.7 Å². The first kappa shape index (κ1) is 15.0. The number of carbonyl (C=O) groups is 2. The van der Waals surface area contributed by atoms with E-state index in [1.54, 1.807) is 11.0 Å². The van der Waals surface area contributed by atoms with Crippen LogP contribution in [-0.2, 0) is 6.42 Å². The van der Waals surface area contributed by atoms with Gasteiger partial charge in [-0.15, -0.1) is 0 Å². The van der Waals surface area contributed by atoms with Crippen LogP contribution in [0.25, 0.3) is 10.9 Å². The molecule has 6 nitrogen and oxygen atoms in total. The van der Waals surface area contributed by atoms with Gasteiger partial charge < -0.3 is 15.6 Å². The Morgan fingerprint density at radius 2 is 1.85 bits per heavy atom. The molecule has 0 radical (unpaired) electrons. The third-order valence-electron chi connectivity index (χ3n) is 5.32. The van der Waals surface area contributed by atoms with Gasteiger partial charge in [-0.25, -0.2) is 4.79 Å². The summed E-state index contributed by atoms with van der Waals surface area (Å²) in [4.78, 5) is 30.1. The predicted octanol–water partition coefficient (Wildman–Crippen LogP) is 2.42. The van der Waals surface area contributed by atoms with Crippen LogP contribution in [-0.4, -0.2) is 35.6 Å². The van der Waals surface area contributed by atoms with Crippen LogP contribution in [0.15, 0.2) is 54.7 Å². The molecule has 2 aliphatic heterocycles. The molecule has 0 saturated carbocycles. The number of carbonyl (C=O) groups excluding carboxylic acids is 2. The number of aromatic nitrogens is 1. The van der Waals surface area contributed by atoms with Gasteiger partial charge in [0.05, 0.1) is 23.3 Å². The predicted molar refractivity (Wildman–Crippen MR) is 99.4 cm³/mol. The van der Waals surface area contributed by atoms with E-state index in [1.807, 2.05) is 42.6 Å². The summed E-state index contributed by atoms with van der Waals surface area (Å²) in [5.41, 5.74) is 3.46. The van der Waals surface area contributed by atoms with E-state index in [0.717, 1.165) is 11.1 Å². The standard InChI is InChI=1S/C20H18N4O2/c25-19-14-6-2-4-8-17(14)24-18(11-22-19)16(23-20(24)26)9-12-10-21-15-7-3-1-5-13(12)15/h1-8,10,16,18,21H,9,11H2,(H,22,25)(H,23,26)/t16-,18+/m0/s1. The van der Waals surface area contributed by atoms with Crippen LogP contribution in [0, 0.1) is 0 Å². The molecule has 2 aromatic carbocycles. The Morgan fingerprint density at radius 3 is 2.77 bits per heavy atom. The lowest BCUT2D eigenvalue weighted by molar-refractivity contribution is 0.0954. The van der Waals surface area contributed by atoms with Gasteiger partial charge in [-0.3, -0.25) is 9.69 Å². The lowest BCUT2D eigenvalue weighted by Gasteiger charge is -2.24. The van der Waals surface area contributed by atoms with Crippen molar-refractivity contribution in [2.75, 3.05) is 11.4 Å². The van der Waals surface area contributed by atoms with Gasteiger partial charge in [0.15, 0.2) is 0 Å². The fourth-order valence-corrected chi connectivity index (χ4v) is 4.07. The molecule has 1 fully saturated rings. The van der Waals surface area contributed by atoms with Crippen molar-refractivity contribution in [2.45, 2.75) is 18.5 Å². The molecule has 1 aromatic heterocycles. The summed E-state index contributed by atoms with van der Waals surface area (Å²) in [6.07, 6.45) is 2.71. The second-order valence-corrected chi connectivity index (χ2v) is 6.78. The average Bonchev–Trinajstić information content (AvgIpc) is 3.16. The van der Waals surface area contributed by atoms with Crippen molar-refractivity contribution in [3.05, 3.63) is 65.9 Å². The number of para-hydroxylation sites is 2. The number of fused-ring (bicyclic) bond motifs is 4. The second kappa shape index (κ2) is 5.62. The van der Waals surface area contributed by atoms with Crippen LogP contribution in [0.1, 0.15) is 15.9 Å². The Labute approximate surface area is 150 Å². The van der Waals surface area contributed by atoms with Gasteiger partial charge in [0.2, 0.25) is 0 Å². The Bertz CT molecular complexity index is 1030. The van der Waals surface area contributed by atoms with E-state index in [1.165, 1.54) is 5.39 Å². The molecule has 0 aliphatic carbocycles. The lowest BCUT2D eigenvalue weighted by atomic mass is 9.99. The zero-order valence-electron chi connectivity index (χ0n) is 14.0. The number of hydrogen-bond acceptors (Lipinski definition) is 2. The SMILES string of the molecule is O=C1NC[C@@H]2[C@H](Cc3c[nH]c4ccccc34)NC(=O)N2c2ccccc21. The summed E-state index contributed by atoms with van der Waals surface area (Å²) in [5, 5.41) is 7.23. The van der Waals surface area contributed by atoms with Gasteiger partial charge in [0, 0.05) is 23.6 Å². The Morgan fingerprint density at radius 1 is 1.04 bits per heavy atom. The topological polar surface area (TPSA) is 77.2 Å². The summed E-state index contributed by atoms with van der Waals surface area (Å²) < 4.78 is 0. The van der Waals surface area contributed by atoms with E-state index in [4.69, 9.17) is 0 Å².